The first-order valence-corrected chi connectivity index (χ1v) is 5.67. The monoisotopic (exact) mass is 230 g/mol. The number of halogens is 1. The molecule has 0 fully saturated rings. The molecular weight excluding hydrogens is 220 g/mol. The first-order valence-electron chi connectivity index (χ1n) is 4.31. The maximum atomic E-state index is 10.7. The van der Waals surface area contributed by atoms with Crippen LogP contribution in [0.4, 0.5) is 0 Å². The largest absolute Gasteiger partial charge is 0.298 e. The molecule has 0 aliphatic rings. The van der Waals surface area contributed by atoms with Crippen LogP contribution >= 0.6 is 23.4 Å². The zero-order valence-electron chi connectivity index (χ0n) is 8.08. The van der Waals surface area contributed by atoms with Gasteiger partial charge in [0.05, 0.1) is 5.56 Å². The Balaban J connectivity index is 3.05. The highest BCUT2D eigenvalue weighted by Gasteiger charge is 2.10. The quantitative estimate of drug-likeness (QED) is 0.453. The van der Waals surface area contributed by atoms with Crippen LogP contribution in [0.1, 0.15) is 29.5 Å². The molecule has 14 heavy (non-hydrogen) atoms. The van der Waals surface area contributed by atoms with Crippen molar-refractivity contribution in [2.75, 3.05) is 5.75 Å². The topological polar surface area (TPSA) is 42.9 Å². The summed E-state index contributed by atoms with van der Waals surface area (Å²) in [4.78, 5) is 18.8. The van der Waals surface area contributed by atoms with Gasteiger partial charge in [-0.25, -0.2) is 9.97 Å². The number of hydrogen-bond acceptors (Lipinski definition) is 4. The van der Waals surface area contributed by atoms with E-state index < -0.39 is 0 Å². The van der Waals surface area contributed by atoms with Gasteiger partial charge in [-0.15, -0.1) is 11.8 Å². The molecule has 0 atom stereocenters. The zero-order chi connectivity index (χ0) is 10.6. The number of aryl methyl sites for hydroxylation is 1. The fourth-order valence-electron chi connectivity index (χ4n) is 0.931. The molecule has 0 spiro atoms. The highest BCUT2D eigenvalue weighted by Crippen LogP contribution is 2.24. The van der Waals surface area contributed by atoms with Crippen molar-refractivity contribution in [1.29, 1.82) is 0 Å². The first kappa shape index (κ1) is 11.5. The summed E-state index contributed by atoms with van der Waals surface area (Å²) in [6, 6.07) is 0. The second-order valence-electron chi connectivity index (χ2n) is 2.75. The maximum Gasteiger partial charge on any atom is 0.155 e. The predicted octanol–water partition coefficient (Wildman–Crippen LogP) is 2.75. The zero-order valence-corrected chi connectivity index (χ0v) is 9.65. The standard InChI is InChI=1S/C9H11ClN2OS/c1-3-4-14-9-7(5-13)8(10)11-6(2)12-9/h5H,3-4H2,1-2H3. The second-order valence-corrected chi connectivity index (χ2v) is 4.19. The van der Waals surface area contributed by atoms with Gasteiger partial charge in [0.1, 0.15) is 16.0 Å². The summed E-state index contributed by atoms with van der Waals surface area (Å²) in [6.07, 6.45) is 1.74. The van der Waals surface area contributed by atoms with Crippen molar-refractivity contribution in [2.45, 2.75) is 25.3 Å². The summed E-state index contributed by atoms with van der Waals surface area (Å²) >= 11 is 7.35. The Bertz CT molecular complexity index is 344. The van der Waals surface area contributed by atoms with Crippen molar-refractivity contribution in [1.82, 2.24) is 9.97 Å². The Morgan fingerprint density at radius 2 is 2.21 bits per heavy atom. The summed E-state index contributed by atoms with van der Waals surface area (Å²) in [5.74, 6) is 1.52. The van der Waals surface area contributed by atoms with Gasteiger partial charge < -0.3 is 0 Å². The molecule has 1 heterocycles. The van der Waals surface area contributed by atoms with E-state index in [9.17, 15) is 4.79 Å². The van der Waals surface area contributed by atoms with E-state index in [4.69, 9.17) is 11.6 Å². The highest BCUT2D eigenvalue weighted by atomic mass is 35.5. The molecule has 0 aliphatic carbocycles. The molecule has 0 radical (unpaired) electrons. The Morgan fingerprint density at radius 1 is 1.50 bits per heavy atom. The number of carbonyl (C=O) groups excluding carboxylic acids is 1. The lowest BCUT2D eigenvalue weighted by Gasteiger charge is -2.04. The Kier molecular flexibility index (Phi) is 4.35. The van der Waals surface area contributed by atoms with Crippen molar-refractivity contribution < 1.29 is 4.79 Å². The van der Waals surface area contributed by atoms with Crippen LogP contribution in [-0.4, -0.2) is 22.0 Å². The Labute approximate surface area is 92.3 Å². The lowest BCUT2D eigenvalue weighted by Crippen LogP contribution is -1.98. The van der Waals surface area contributed by atoms with Crippen LogP contribution in [0.15, 0.2) is 5.03 Å². The molecule has 1 rings (SSSR count). The van der Waals surface area contributed by atoms with Gasteiger partial charge in [0.2, 0.25) is 0 Å². The summed E-state index contributed by atoms with van der Waals surface area (Å²) in [6.45, 7) is 3.83. The number of rotatable bonds is 4. The lowest BCUT2D eigenvalue weighted by molar-refractivity contribution is 0.112. The molecule has 1 aromatic heterocycles. The molecule has 5 heteroatoms. The van der Waals surface area contributed by atoms with Crippen LogP contribution in [0.5, 0.6) is 0 Å². The third kappa shape index (κ3) is 2.69. The van der Waals surface area contributed by atoms with Crippen LogP contribution in [-0.2, 0) is 0 Å². The van der Waals surface area contributed by atoms with Crippen LogP contribution in [0.3, 0.4) is 0 Å². The summed E-state index contributed by atoms with van der Waals surface area (Å²) < 4.78 is 0. The summed E-state index contributed by atoms with van der Waals surface area (Å²) in [7, 11) is 0. The molecule has 0 saturated carbocycles. The third-order valence-electron chi connectivity index (χ3n) is 1.54. The molecule has 76 valence electrons. The molecule has 0 N–H and O–H groups in total. The molecule has 0 bridgehead atoms. The highest BCUT2D eigenvalue weighted by molar-refractivity contribution is 7.99. The minimum Gasteiger partial charge on any atom is -0.298 e. The van der Waals surface area contributed by atoms with E-state index >= 15 is 0 Å². The molecule has 3 nitrogen and oxygen atoms in total. The van der Waals surface area contributed by atoms with E-state index in [-0.39, 0.29) is 5.15 Å². The van der Waals surface area contributed by atoms with Crippen molar-refractivity contribution in [3.05, 3.63) is 16.5 Å². The van der Waals surface area contributed by atoms with Gasteiger partial charge in [-0.3, -0.25) is 4.79 Å². The lowest BCUT2D eigenvalue weighted by atomic mass is 10.4. The predicted molar refractivity (Wildman–Crippen MR) is 58.2 cm³/mol. The Hall–Kier alpha value is -0.610. The van der Waals surface area contributed by atoms with Gasteiger partial charge >= 0.3 is 0 Å². The van der Waals surface area contributed by atoms with Crippen molar-refractivity contribution in [3.63, 3.8) is 0 Å². The molecule has 1 aromatic rings. The molecule has 0 aromatic carbocycles. The van der Waals surface area contributed by atoms with E-state index in [0.717, 1.165) is 12.2 Å². The molecular formula is C9H11ClN2OS. The average Bonchev–Trinajstić information content (AvgIpc) is 2.14. The average molecular weight is 231 g/mol. The van der Waals surface area contributed by atoms with E-state index in [2.05, 4.69) is 16.9 Å². The van der Waals surface area contributed by atoms with Crippen molar-refractivity contribution >= 4 is 29.6 Å². The van der Waals surface area contributed by atoms with E-state index in [1.807, 2.05) is 0 Å². The number of nitrogens with zero attached hydrogens (tertiary/aromatic N) is 2. The molecule has 0 saturated heterocycles. The SMILES string of the molecule is CCCSc1nc(C)nc(Cl)c1C=O. The maximum absolute atomic E-state index is 10.7. The Morgan fingerprint density at radius 3 is 2.79 bits per heavy atom. The number of aldehydes is 1. The van der Waals surface area contributed by atoms with E-state index in [1.54, 1.807) is 6.92 Å². The van der Waals surface area contributed by atoms with Gasteiger partial charge in [0.25, 0.3) is 0 Å². The van der Waals surface area contributed by atoms with Crippen molar-refractivity contribution in [3.8, 4) is 0 Å². The molecule has 0 aliphatic heterocycles. The van der Waals surface area contributed by atoms with Gasteiger partial charge in [0.15, 0.2) is 6.29 Å². The number of carbonyl (C=O) groups is 1. The number of thioether (sulfide) groups is 1. The molecule has 0 amide bonds. The van der Waals surface area contributed by atoms with Gasteiger partial charge in [0, 0.05) is 0 Å². The summed E-state index contributed by atoms with van der Waals surface area (Å²) in [5.41, 5.74) is 0.399. The number of aromatic nitrogens is 2. The van der Waals surface area contributed by atoms with Crippen LogP contribution in [0, 0.1) is 6.92 Å². The minimum atomic E-state index is 0.242. The molecule has 0 unspecified atom stereocenters. The minimum absolute atomic E-state index is 0.242. The fourth-order valence-corrected chi connectivity index (χ4v) is 2.14. The second kappa shape index (κ2) is 5.32. The number of hydrogen-bond donors (Lipinski definition) is 0. The van der Waals surface area contributed by atoms with Gasteiger partial charge in [-0.05, 0) is 19.1 Å². The van der Waals surface area contributed by atoms with Crippen molar-refractivity contribution in [2.24, 2.45) is 0 Å². The summed E-state index contributed by atoms with van der Waals surface area (Å²) in [5, 5.41) is 0.922. The van der Waals surface area contributed by atoms with Crippen LogP contribution in [0.2, 0.25) is 5.15 Å². The smallest absolute Gasteiger partial charge is 0.155 e. The van der Waals surface area contributed by atoms with Gasteiger partial charge in [-0.1, -0.05) is 18.5 Å². The van der Waals surface area contributed by atoms with E-state index in [1.165, 1.54) is 11.8 Å². The first-order chi connectivity index (χ1) is 6.69. The normalized spacial score (nSPS) is 10.2. The third-order valence-corrected chi connectivity index (χ3v) is 3.02. The van der Waals surface area contributed by atoms with Crippen LogP contribution < -0.4 is 0 Å². The fraction of sp³-hybridized carbons (Fsp3) is 0.444. The van der Waals surface area contributed by atoms with Gasteiger partial charge in [-0.2, -0.15) is 0 Å². The van der Waals surface area contributed by atoms with E-state index in [0.29, 0.717) is 22.7 Å². The van der Waals surface area contributed by atoms with Crippen LogP contribution in [0.25, 0.3) is 0 Å².